The average molecular weight is 320 g/mol. The zero-order chi connectivity index (χ0) is 17.0. The molecule has 1 heterocycles. The van der Waals surface area contributed by atoms with Crippen LogP contribution in [0.3, 0.4) is 0 Å². The second-order valence-corrected chi connectivity index (χ2v) is 7.59. The number of rotatable bonds is 6. The molecular formula is C18H32N4O. The quantitative estimate of drug-likeness (QED) is 0.750. The highest BCUT2D eigenvalue weighted by molar-refractivity contribution is 5.78. The summed E-state index contributed by atoms with van der Waals surface area (Å²) in [4.78, 5) is 19.2. The van der Waals surface area contributed by atoms with Gasteiger partial charge in [0.1, 0.15) is 6.04 Å². The SMILES string of the molecule is CC(C)[C@H](C#N)N1CCN(C(=O)CN(C(C)C)C2CCC2)CC1. The summed E-state index contributed by atoms with van der Waals surface area (Å²) in [5, 5.41) is 9.32. The highest BCUT2D eigenvalue weighted by Crippen LogP contribution is 2.26. The normalized spacial score (nSPS) is 21.6. The molecule has 0 radical (unpaired) electrons. The van der Waals surface area contributed by atoms with Crippen LogP contribution >= 0.6 is 0 Å². The van der Waals surface area contributed by atoms with Crippen molar-refractivity contribution in [3.63, 3.8) is 0 Å². The Bertz CT molecular complexity index is 431. The molecule has 0 aromatic heterocycles. The van der Waals surface area contributed by atoms with Crippen molar-refractivity contribution in [1.29, 1.82) is 5.26 Å². The van der Waals surface area contributed by atoms with Gasteiger partial charge in [0.2, 0.25) is 5.91 Å². The predicted octanol–water partition coefficient (Wildman–Crippen LogP) is 1.94. The van der Waals surface area contributed by atoms with Gasteiger partial charge in [-0.2, -0.15) is 5.26 Å². The number of amides is 1. The summed E-state index contributed by atoms with van der Waals surface area (Å²) in [5.74, 6) is 0.584. The Morgan fingerprint density at radius 2 is 1.78 bits per heavy atom. The van der Waals surface area contributed by atoms with Gasteiger partial charge in [0, 0.05) is 38.3 Å². The number of nitrogens with zero attached hydrogens (tertiary/aromatic N) is 4. The topological polar surface area (TPSA) is 50.6 Å². The summed E-state index contributed by atoms with van der Waals surface area (Å²) in [7, 11) is 0. The van der Waals surface area contributed by atoms with Gasteiger partial charge in [-0.05, 0) is 32.6 Å². The van der Waals surface area contributed by atoms with E-state index >= 15 is 0 Å². The zero-order valence-corrected chi connectivity index (χ0v) is 15.2. The number of carbonyl (C=O) groups is 1. The van der Waals surface area contributed by atoms with Crippen molar-refractivity contribution in [2.75, 3.05) is 32.7 Å². The van der Waals surface area contributed by atoms with E-state index in [4.69, 9.17) is 0 Å². The Hall–Kier alpha value is -1.12. The van der Waals surface area contributed by atoms with Crippen molar-refractivity contribution >= 4 is 5.91 Å². The van der Waals surface area contributed by atoms with Gasteiger partial charge >= 0.3 is 0 Å². The third-order valence-corrected chi connectivity index (χ3v) is 5.35. The Morgan fingerprint density at radius 1 is 1.17 bits per heavy atom. The van der Waals surface area contributed by atoms with E-state index in [-0.39, 0.29) is 11.9 Å². The standard InChI is InChI=1S/C18H32N4O/c1-14(2)17(12-19)20-8-10-21(11-9-20)18(23)13-22(15(3)4)16-6-5-7-16/h14-17H,5-11,13H2,1-4H3/t17-/m0/s1. The van der Waals surface area contributed by atoms with Crippen LogP contribution in [0.5, 0.6) is 0 Å². The molecule has 130 valence electrons. The van der Waals surface area contributed by atoms with Crippen molar-refractivity contribution in [2.24, 2.45) is 5.92 Å². The molecule has 1 amide bonds. The third-order valence-electron chi connectivity index (χ3n) is 5.35. The fourth-order valence-corrected chi connectivity index (χ4v) is 3.61. The van der Waals surface area contributed by atoms with Gasteiger partial charge in [-0.25, -0.2) is 0 Å². The Labute approximate surface area is 141 Å². The molecule has 0 aromatic carbocycles. The molecule has 0 bridgehead atoms. The Kier molecular flexibility index (Phi) is 6.43. The number of hydrogen-bond acceptors (Lipinski definition) is 4. The molecule has 0 N–H and O–H groups in total. The van der Waals surface area contributed by atoms with Crippen molar-refractivity contribution in [2.45, 2.75) is 65.1 Å². The van der Waals surface area contributed by atoms with Gasteiger partial charge in [-0.1, -0.05) is 20.3 Å². The predicted molar refractivity (Wildman–Crippen MR) is 91.9 cm³/mol. The fourth-order valence-electron chi connectivity index (χ4n) is 3.61. The van der Waals surface area contributed by atoms with Crippen molar-refractivity contribution in [1.82, 2.24) is 14.7 Å². The number of nitriles is 1. The highest BCUT2D eigenvalue weighted by atomic mass is 16.2. The monoisotopic (exact) mass is 320 g/mol. The minimum Gasteiger partial charge on any atom is -0.339 e. The first-order valence-electron chi connectivity index (χ1n) is 9.11. The summed E-state index contributed by atoms with van der Waals surface area (Å²) in [5.41, 5.74) is 0. The molecule has 0 spiro atoms. The molecule has 1 aliphatic heterocycles. The minimum absolute atomic E-state index is 0.0330. The van der Waals surface area contributed by atoms with Crippen molar-refractivity contribution < 1.29 is 4.79 Å². The van der Waals surface area contributed by atoms with Crippen molar-refractivity contribution in [3.05, 3.63) is 0 Å². The van der Waals surface area contributed by atoms with E-state index in [1.807, 2.05) is 4.90 Å². The van der Waals surface area contributed by atoms with Crippen molar-refractivity contribution in [3.8, 4) is 6.07 Å². The maximum Gasteiger partial charge on any atom is 0.236 e. The van der Waals surface area contributed by atoms with Crippen LogP contribution in [-0.4, -0.2) is 71.5 Å². The second kappa shape index (κ2) is 8.12. The van der Waals surface area contributed by atoms with Crippen LogP contribution in [0.15, 0.2) is 0 Å². The van der Waals surface area contributed by atoms with Gasteiger partial charge in [0.15, 0.2) is 0 Å². The van der Waals surface area contributed by atoms with E-state index in [1.54, 1.807) is 0 Å². The van der Waals surface area contributed by atoms with Gasteiger partial charge in [0.25, 0.3) is 0 Å². The number of hydrogen-bond donors (Lipinski definition) is 0. The number of piperazine rings is 1. The molecule has 23 heavy (non-hydrogen) atoms. The summed E-state index contributed by atoms with van der Waals surface area (Å²) < 4.78 is 0. The molecular weight excluding hydrogens is 288 g/mol. The molecule has 1 saturated carbocycles. The molecule has 2 rings (SSSR count). The lowest BCUT2D eigenvalue weighted by molar-refractivity contribution is -0.136. The Balaban J connectivity index is 1.84. The van der Waals surface area contributed by atoms with E-state index in [1.165, 1.54) is 19.3 Å². The van der Waals surface area contributed by atoms with E-state index in [9.17, 15) is 10.1 Å². The lowest BCUT2D eigenvalue weighted by atomic mass is 9.90. The lowest BCUT2D eigenvalue weighted by Crippen LogP contribution is -2.56. The third kappa shape index (κ3) is 4.45. The average Bonchev–Trinajstić information content (AvgIpc) is 2.45. The molecule has 1 aliphatic carbocycles. The molecule has 5 heteroatoms. The summed E-state index contributed by atoms with van der Waals surface area (Å²) in [6, 6.07) is 3.40. The molecule has 0 unspecified atom stereocenters. The summed E-state index contributed by atoms with van der Waals surface area (Å²) in [6.07, 6.45) is 3.76. The minimum atomic E-state index is -0.0330. The molecule has 5 nitrogen and oxygen atoms in total. The van der Waals surface area contributed by atoms with Crippen LogP contribution in [-0.2, 0) is 4.79 Å². The zero-order valence-electron chi connectivity index (χ0n) is 15.2. The maximum absolute atomic E-state index is 12.6. The van der Waals surface area contributed by atoms with E-state index < -0.39 is 0 Å². The van der Waals surface area contributed by atoms with Gasteiger partial charge in [-0.15, -0.1) is 0 Å². The first-order valence-corrected chi connectivity index (χ1v) is 9.11. The maximum atomic E-state index is 12.6. The van der Waals surface area contributed by atoms with E-state index in [0.29, 0.717) is 24.5 Å². The van der Waals surface area contributed by atoms with Crippen LogP contribution in [0.2, 0.25) is 0 Å². The first kappa shape index (κ1) is 18.2. The molecule has 1 saturated heterocycles. The largest absolute Gasteiger partial charge is 0.339 e. The van der Waals surface area contributed by atoms with Crippen LogP contribution in [0.25, 0.3) is 0 Å². The Morgan fingerprint density at radius 3 is 2.17 bits per heavy atom. The second-order valence-electron chi connectivity index (χ2n) is 7.59. The van der Waals surface area contributed by atoms with Gasteiger partial charge in [-0.3, -0.25) is 14.6 Å². The van der Waals surface area contributed by atoms with Gasteiger partial charge < -0.3 is 4.90 Å². The molecule has 2 fully saturated rings. The lowest BCUT2D eigenvalue weighted by Gasteiger charge is -2.42. The first-order chi connectivity index (χ1) is 10.9. The summed E-state index contributed by atoms with van der Waals surface area (Å²) in [6.45, 7) is 12.2. The highest BCUT2D eigenvalue weighted by Gasteiger charge is 2.32. The van der Waals surface area contributed by atoms with Crippen LogP contribution in [0.4, 0.5) is 0 Å². The summed E-state index contributed by atoms with van der Waals surface area (Å²) >= 11 is 0. The molecule has 2 aliphatic rings. The molecule has 1 atom stereocenters. The fraction of sp³-hybridized carbons (Fsp3) is 0.889. The number of carbonyl (C=O) groups excluding carboxylic acids is 1. The van der Waals surface area contributed by atoms with Crippen LogP contribution < -0.4 is 0 Å². The van der Waals surface area contributed by atoms with Gasteiger partial charge in [0.05, 0.1) is 12.6 Å². The van der Waals surface area contributed by atoms with Crippen LogP contribution in [0, 0.1) is 17.2 Å². The molecule has 0 aromatic rings. The van der Waals surface area contributed by atoms with E-state index in [2.05, 4.69) is 43.6 Å². The smallest absolute Gasteiger partial charge is 0.236 e. The van der Waals surface area contributed by atoms with E-state index in [0.717, 1.165) is 26.2 Å². The van der Waals surface area contributed by atoms with Crippen LogP contribution in [0.1, 0.15) is 47.0 Å².